The lowest BCUT2D eigenvalue weighted by atomic mass is 9.82. The van der Waals surface area contributed by atoms with Crippen LogP contribution >= 0.6 is 12.2 Å². The summed E-state index contributed by atoms with van der Waals surface area (Å²) in [6, 6.07) is 21.7. The van der Waals surface area contributed by atoms with Gasteiger partial charge >= 0.3 is 11.9 Å². The Morgan fingerprint density at radius 2 is 1.61 bits per heavy atom. The first-order chi connectivity index (χ1) is 18.4. The van der Waals surface area contributed by atoms with Crippen molar-refractivity contribution in [1.82, 2.24) is 0 Å². The number of nitrogens with one attached hydrogen (secondary N) is 1. The van der Waals surface area contributed by atoms with Crippen molar-refractivity contribution < 1.29 is 28.9 Å². The summed E-state index contributed by atoms with van der Waals surface area (Å²) in [5.41, 5.74) is 1.63. The van der Waals surface area contributed by atoms with Crippen molar-refractivity contribution in [3.63, 3.8) is 0 Å². The summed E-state index contributed by atoms with van der Waals surface area (Å²) in [5, 5.41) is 12.4. The van der Waals surface area contributed by atoms with Crippen LogP contribution in [0.3, 0.4) is 0 Å². The highest BCUT2D eigenvalue weighted by atomic mass is 32.1. The lowest BCUT2D eigenvalue weighted by Crippen LogP contribution is -2.27. The van der Waals surface area contributed by atoms with E-state index in [1.165, 1.54) is 13.2 Å². The lowest BCUT2D eigenvalue weighted by molar-refractivity contribution is -0.147. The average molecular weight is 534 g/mol. The Balaban J connectivity index is 1.25. The van der Waals surface area contributed by atoms with Gasteiger partial charge in [0.1, 0.15) is 17.2 Å². The second kappa shape index (κ2) is 13.1. The molecule has 0 aromatic heterocycles. The number of hydrogen-bond donors (Lipinski definition) is 2. The van der Waals surface area contributed by atoms with Gasteiger partial charge in [0, 0.05) is 6.42 Å². The Hall–Kier alpha value is -3.91. The number of benzene rings is 3. The molecule has 1 fully saturated rings. The summed E-state index contributed by atoms with van der Waals surface area (Å²) in [6.45, 7) is 0.577. The molecule has 1 aliphatic carbocycles. The Labute approximate surface area is 227 Å². The van der Waals surface area contributed by atoms with E-state index in [1.807, 2.05) is 48.5 Å². The first-order valence-electron chi connectivity index (χ1n) is 12.6. The van der Waals surface area contributed by atoms with Crippen LogP contribution in [0.15, 0.2) is 72.8 Å². The minimum Gasteiger partial charge on any atom is -0.493 e. The van der Waals surface area contributed by atoms with E-state index in [9.17, 15) is 14.7 Å². The maximum absolute atomic E-state index is 11.8. The normalized spacial score (nSPS) is 16.8. The summed E-state index contributed by atoms with van der Waals surface area (Å²) < 4.78 is 16.8. The number of thiocarbonyl (C=S) groups is 1. The van der Waals surface area contributed by atoms with Crippen LogP contribution in [0.25, 0.3) is 0 Å². The number of carboxylic acid groups (broad SMARTS) is 1. The Kier molecular flexibility index (Phi) is 9.32. The quantitative estimate of drug-likeness (QED) is 0.225. The van der Waals surface area contributed by atoms with E-state index in [1.54, 1.807) is 18.2 Å². The molecule has 3 aromatic rings. The van der Waals surface area contributed by atoms with Crippen LogP contribution in [-0.2, 0) is 16.0 Å². The standard InChI is InChI=1S/C30H31NO6S/c1-35-30(34)22-6-4-5-21(17-22)19-36-23-13-15-25(16-14-23)37-24-11-9-20(10-12-24)18-28(38)31-27-8-3-2-7-26(27)29(32)33/h2-3,7-16,21-22H,4-6,17-19H2,1H3,(H,31,38)(H,32,33). The molecule has 0 spiro atoms. The fraction of sp³-hybridized carbons (Fsp3) is 0.300. The van der Waals surface area contributed by atoms with Gasteiger partial charge in [-0.15, -0.1) is 0 Å². The smallest absolute Gasteiger partial charge is 0.337 e. The number of rotatable bonds is 10. The van der Waals surface area contributed by atoms with Crippen molar-refractivity contribution in [2.75, 3.05) is 19.0 Å². The van der Waals surface area contributed by atoms with E-state index in [-0.39, 0.29) is 17.5 Å². The fourth-order valence-corrected chi connectivity index (χ4v) is 4.89. The molecule has 1 saturated carbocycles. The van der Waals surface area contributed by atoms with Gasteiger partial charge in [0.25, 0.3) is 0 Å². The van der Waals surface area contributed by atoms with Crippen LogP contribution in [0.2, 0.25) is 0 Å². The third kappa shape index (κ3) is 7.55. The van der Waals surface area contributed by atoms with Gasteiger partial charge in [0.2, 0.25) is 0 Å². The van der Waals surface area contributed by atoms with Gasteiger partial charge in [-0.1, -0.05) is 42.9 Å². The predicted molar refractivity (Wildman–Crippen MR) is 149 cm³/mol. The largest absolute Gasteiger partial charge is 0.493 e. The first kappa shape index (κ1) is 27.1. The minimum atomic E-state index is -1.00. The van der Waals surface area contributed by atoms with Gasteiger partial charge in [0.05, 0.1) is 35.9 Å². The van der Waals surface area contributed by atoms with Crippen LogP contribution < -0.4 is 14.8 Å². The number of carbonyl (C=O) groups is 2. The van der Waals surface area contributed by atoms with Gasteiger partial charge < -0.3 is 24.6 Å². The van der Waals surface area contributed by atoms with E-state index in [2.05, 4.69) is 5.32 Å². The van der Waals surface area contributed by atoms with Crippen molar-refractivity contribution in [2.45, 2.75) is 32.1 Å². The Morgan fingerprint density at radius 1 is 0.947 bits per heavy atom. The molecular formula is C30H31NO6S. The predicted octanol–water partition coefficient (Wildman–Crippen LogP) is 6.52. The SMILES string of the molecule is COC(=O)C1CCCC(COc2ccc(Oc3ccc(CC(=S)Nc4ccccc4C(=O)O)cc3)cc2)C1. The van der Waals surface area contributed by atoms with Crippen molar-refractivity contribution in [3.8, 4) is 17.2 Å². The van der Waals surface area contributed by atoms with Gasteiger partial charge in [0.15, 0.2) is 0 Å². The van der Waals surface area contributed by atoms with E-state index in [0.29, 0.717) is 41.1 Å². The van der Waals surface area contributed by atoms with Crippen LogP contribution in [0.5, 0.6) is 17.2 Å². The van der Waals surface area contributed by atoms with E-state index in [4.69, 9.17) is 26.4 Å². The number of anilines is 1. The summed E-state index contributed by atoms with van der Waals surface area (Å²) in [4.78, 5) is 23.7. The summed E-state index contributed by atoms with van der Waals surface area (Å²) in [5.74, 6) is 1.34. The summed E-state index contributed by atoms with van der Waals surface area (Å²) >= 11 is 5.43. The second-order valence-electron chi connectivity index (χ2n) is 9.36. The molecule has 0 bridgehead atoms. The summed E-state index contributed by atoms with van der Waals surface area (Å²) in [6.07, 6.45) is 4.24. The molecule has 7 nitrogen and oxygen atoms in total. The zero-order chi connectivity index (χ0) is 26.9. The number of carboxylic acids is 1. The molecule has 1 aliphatic rings. The first-order valence-corrected chi connectivity index (χ1v) is 13.0. The zero-order valence-corrected chi connectivity index (χ0v) is 22.0. The molecule has 3 aromatic carbocycles. The number of ether oxygens (including phenoxy) is 3. The number of para-hydroxylation sites is 1. The maximum Gasteiger partial charge on any atom is 0.337 e. The number of methoxy groups -OCH3 is 1. The zero-order valence-electron chi connectivity index (χ0n) is 21.2. The number of aromatic carboxylic acids is 1. The molecule has 2 unspecified atom stereocenters. The van der Waals surface area contributed by atoms with Crippen LogP contribution in [-0.4, -0.2) is 35.8 Å². The Morgan fingerprint density at radius 3 is 2.29 bits per heavy atom. The van der Waals surface area contributed by atoms with Crippen molar-refractivity contribution in [3.05, 3.63) is 83.9 Å². The van der Waals surface area contributed by atoms with E-state index >= 15 is 0 Å². The molecule has 0 saturated heterocycles. The van der Waals surface area contributed by atoms with E-state index in [0.717, 1.165) is 37.0 Å². The molecule has 0 heterocycles. The molecule has 0 amide bonds. The second-order valence-corrected chi connectivity index (χ2v) is 9.85. The van der Waals surface area contributed by atoms with Crippen molar-refractivity contribution in [1.29, 1.82) is 0 Å². The molecule has 0 aliphatic heterocycles. The van der Waals surface area contributed by atoms with Gasteiger partial charge in [-0.05, 0) is 79.3 Å². The van der Waals surface area contributed by atoms with Gasteiger partial charge in [-0.3, -0.25) is 4.79 Å². The van der Waals surface area contributed by atoms with Crippen molar-refractivity contribution >= 4 is 34.8 Å². The molecular weight excluding hydrogens is 502 g/mol. The maximum atomic E-state index is 11.8. The molecule has 0 radical (unpaired) electrons. The Bertz CT molecular complexity index is 1260. The number of carbonyl (C=O) groups excluding carboxylic acids is 1. The highest BCUT2D eigenvalue weighted by Crippen LogP contribution is 2.31. The fourth-order valence-electron chi connectivity index (χ4n) is 4.61. The topological polar surface area (TPSA) is 94.1 Å². The molecule has 198 valence electrons. The molecule has 2 N–H and O–H groups in total. The average Bonchev–Trinajstić information content (AvgIpc) is 2.93. The van der Waals surface area contributed by atoms with Crippen LogP contribution in [0, 0.1) is 11.8 Å². The summed E-state index contributed by atoms with van der Waals surface area (Å²) in [7, 11) is 1.44. The third-order valence-electron chi connectivity index (χ3n) is 6.58. The lowest BCUT2D eigenvalue weighted by Gasteiger charge is -2.27. The van der Waals surface area contributed by atoms with Crippen LogP contribution in [0.4, 0.5) is 5.69 Å². The molecule has 2 atom stereocenters. The highest BCUT2D eigenvalue weighted by molar-refractivity contribution is 7.80. The van der Waals surface area contributed by atoms with E-state index < -0.39 is 5.97 Å². The van der Waals surface area contributed by atoms with Gasteiger partial charge in [-0.25, -0.2) is 4.79 Å². The minimum absolute atomic E-state index is 0.0231. The van der Waals surface area contributed by atoms with Crippen molar-refractivity contribution in [2.24, 2.45) is 11.8 Å². The number of hydrogen-bond acceptors (Lipinski definition) is 6. The molecule has 38 heavy (non-hydrogen) atoms. The molecule has 8 heteroatoms. The molecule has 4 rings (SSSR count). The van der Waals surface area contributed by atoms with Gasteiger partial charge in [-0.2, -0.15) is 0 Å². The highest BCUT2D eigenvalue weighted by Gasteiger charge is 2.28. The number of esters is 1. The van der Waals surface area contributed by atoms with Crippen LogP contribution in [0.1, 0.15) is 41.6 Å². The third-order valence-corrected chi connectivity index (χ3v) is 6.83. The monoisotopic (exact) mass is 533 g/mol.